The predicted octanol–water partition coefficient (Wildman–Crippen LogP) is 3.45. The molecule has 3 aromatic rings. The minimum absolute atomic E-state index is 0.0702. The number of halogens is 1. The van der Waals surface area contributed by atoms with Gasteiger partial charge in [-0.2, -0.15) is 5.10 Å². The Morgan fingerprint density at radius 3 is 2.75 bits per heavy atom. The Kier molecular flexibility index (Phi) is 4.70. The monoisotopic (exact) mass is 416 g/mol. The van der Waals surface area contributed by atoms with Crippen molar-refractivity contribution in [3.05, 3.63) is 80.5 Å². The second kappa shape index (κ2) is 7.17. The first-order valence-electron chi connectivity index (χ1n) is 8.20. The average molecular weight is 417 g/mol. The molecule has 1 atom stereocenters. The van der Waals surface area contributed by atoms with Crippen LogP contribution in [0, 0.1) is 10.1 Å². The lowest BCUT2D eigenvalue weighted by Gasteiger charge is -2.11. The van der Waals surface area contributed by atoms with Gasteiger partial charge in [0.2, 0.25) is 0 Å². The molecule has 4 rings (SSSR count). The fraction of sp³-hybridized carbons (Fsp3) is 0.111. The van der Waals surface area contributed by atoms with E-state index in [2.05, 4.69) is 10.4 Å². The lowest BCUT2D eigenvalue weighted by molar-refractivity contribution is -0.385. The minimum atomic E-state index is -1.10. The molecular formula is C18H13ClN4O4S. The van der Waals surface area contributed by atoms with E-state index in [-0.39, 0.29) is 22.8 Å². The molecule has 2 aromatic carbocycles. The highest BCUT2D eigenvalue weighted by atomic mass is 35.5. The van der Waals surface area contributed by atoms with E-state index in [4.69, 9.17) is 11.6 Å². The fourth-order valence-electron chi connectivity index (χ4n) is 3.05. The maximum Gasteiger partial charge on any atom is 0.282 e. The van der Waals surface area contributed by atoms with Crippen LogP contribution in [0.1, 0.15) is 21.6 Å². The van der Waals surface area contributed by atoms with Gasteiger partial charge in [-0.3, -0.25) is 19.1 Å². The number of carbonyl (C=O) groups excluding carboxylic acids is 1. The molecule has 1 N–H and O–H groups in total. The van der Waals surface area contributed by atoms with Gasteiger partial charge in [-0.15, -0.1) is 0 Å². The highest BCUT2D eigenvalue weighted by molar-refractivity contribution is 7.83. The number of fused-ring (bicyclic) bond motifs is 1. The normalized spacial score (nSPS) is 15.2. The maximum absolute atomic E-state index is 12.8. The van der Waals surface area contributed by atoms with Gasteiger partial charge in [0.25, 0.3) is 11.6 Å². The quantitative estimate of drug-likeness (QED) is 0.517. The van der Waals surface area contributed by atoms with Crippen molar-refractivity contribution in [2.24, 2.45) is 0 Å². The van der Waals surface area contributed by atoms with E-state index in [9.17, 15) is 19.1 Å². The van der Waals surface area contributed by atoms with E-state index in [1.165, 1.54) is 22.9 Å². The van der Waals surface area contributed by atoms with Gasteiger partial charge in [-0.1, -0.05) is 29.8 Å². The van der Waals surface area contributed by atoms with Crippen LogP contribution in [0.2, 0.25) is 5.02 Å². The highest BCUT2D eigenvalue weighted by Crippen LogP contribution is 2.32. The topological polar surface area (TPSA) is 107 Å². The largest absolute Gasteiger partial charge is 0.306 e. The molecule has 0 aliphatic carbocycles. The number of nitrogens with zero attached hydrogens (tertiary/aromatic N) is 3. The molecule has 28 heavy (non-hydrogen) atoms. The highest BCUT2D eigenvalue weighted by Gasteiger charge is 2.29. The lowest BCUT2D eigenvalue weighted by Crippen LogP contribution is -2.17. The van der Waals surface area contributed by atoms with E-state index >= 15 is 0 Å². The van der Waals surface area contributed by atoms with E-state index < -0.39 is 21.6 Å². The Morgan fingerprint density at radius 1 is 1.21 bits per heavy atom. The van der Waals surface area contributed by atoms with E-state index in [0.29, 0.717) is 27.8 Å². The van der Waals surface area contributed by atoms with Crippen molar-refractivity contribution in [3.63, 3.8) is 0 Å². The van der Waals surface area contributed by atoms with Crippen LogP contribution in [0.5, 0.6) is 0 Å². The van der Waals surface area contributed by atoms with E-state index in [1.54, 1.807) is 30.3 Å². The van der Waals surface area contributed by atoms with Crippen molar-refractivity contribution in [1.29, 1.82) is 0 Å². The Bertz CT molecular complexity index is 1140. The molecule has 0 radical (unpaired) electrons. The first kappa shape index (κ1) is 18.3. The van der Waals surface area contributed by atoms with Gasteiger partial charge in [-0.25, -0.2) is 4.68 Å². The number of hydrogen-bond acceptors (Lipinski definition) is 5. The van der Waals surface area contributed by atoms with E-state index in [1.807, 2.05) is 0 Å². The summed E-state index contributed by atoms with van der Waals surface area (Å²) < 4.78 is 13.5. The molecule has 2 heterocycles. The molecular weight excluding hydrogens is 404 g/mol. The van der Waals surface area contributed by atoms with Gasteiger partial charge in [0.1, 0.15) is 11.4 Å². The molecule has 0 saturated heterocycles. The van der Waals surface area contributed by atoms with Gasteiger partial charge in [0.05, 0.1) is 27.8 Å². The van der Waals surface area contributed by atoms with Crippen molar-refractivity contribution >= 4 is 39.8 Å². The zero-order valence-corrected chi connectivity index (χ0v) is 15.9. The van der Waals surface area contributed by atoms with Crippen LogP contribution in [-0.4, -0.2) is 24.8 Å². The van der Waals surface area contributed by atoms with Gasteiger partial charge >= 0.3 is 0 Å². The number of anilines is 1. The van der Waals surface area contributed by atoms with Crippen LogP contribution < -0.4 is 5.32 Å². The summed E-state index contributed by atoms with van der Waals surface area (Å²) in [6.07, 6.45) is 0. The number of aromatic nitrogens is 2. The summed E-state index contributed by atoms with van der Waals surface area (Å²) in [6.45, 7) is 0. The molecule has 0 bridgehead atoms. The number of rotatable bonds is 4. The third-order valence-corrected chi connectivity index (χ3v) is 5.74. The molecule has 142 valence electrons. The van der Waals surface area contributed by atoms with Crippen molar-refractivity contribution in [2.75, 3.05) is 5.32 Å². The molecule has 1 aliphatic rings. The first-order valence-corrected chi connectivity index (χ1v) is 10.1. The number of benzene rings is 2. The molecule has 0 saturated carbocycles. The lowest BCUT2D eigenvalue weighted by atomic mass is 10.1. The number of para-hydroxylation sites is 1. The van der Waals surface area contributed by atoms with Crippen LogP contribution >= 0.6 is 11.6 Å². The summed E-state index contributed by atoms with van der Waals surface area (Å²) in [6, 6.07) is 12.6. The zero-order chi connectivity index (χ0) is 19.8. The Balaban J connectivity index is 1.78. The van der Waals surface area contributed by atoms with Gasteiger partial charge in [0, 0.05) is 27.5 Å². The summed E-state index contributed by atoms with van der Waals surface area (Å²) in [5.41, 5.74) is 1.53. The molecule has 1 aliphatic heterocycles. The van der Waals surface area contributed by atoms with Crippen LogP contribution in [0.3, 0.4) is 0 Å². The second-order valence-electron chi connectivity index (χ2n) is 6.12. The van der Waals surface area contributed by atoms with Crippen molar-refractivity contribution < 1.29 is 13.9 Å². The summed E-state index contributed by atoms with van der Waals surface area (Å²) in [4.78, 5) is 23.4. The van der Waals surface area contributed by atoms with Crippen LogP contribution in [-0.2, 0) is 22.3 Å². The molecule has 1 aromatic heterocycles. The third-order valence-electron chi connectivity index (χ3n) is 4.30. The first-order chi connectivity index (χ1) is 13.4. The fourth-order valence-corrected chi connectivity index (χ4v) is 4.50. The smallest absolute Gasteiger partial charge is 0.282 e. The van der Waals surface area contributed by atoms with Crippen molar-refractivity contribution in [2.45, 2.75) is 11.5 Å². The second-order valence-corrected chi connectivity index (χ2v) is 8.02. The number of nitrogens with one attached hydrogen (secondary N) is 1. The zero-order valence-electron chi connectivity index (χ0n) is 14.3. The number of amides is 1. The molecule has 1 amide bonds. The molecule has 1 unspecified atom stereocenters. The Labute approximate surface area is 166 Å². The number of nitro groups is 1. The van der Waals surface area contributed by atoms with Crippen LogP contribution in [0.15, 0.2) is 48.5 Å². The van der Waals surface area contributed by atoms with Gasteiger partial charge in [0.15, 0.2) is 0 Å². The minimum Gasteiger partial charge on any atom is -0.306 e. The average Bonchev–Trinajstić information content (AvgIpc) is 3.18. The summed E-state index contributed by atoms with van der Waals surface area (Å²) >= 11 is 6.07. The summed E-state index contributed by atoms with van der Waals surface area (Å²) in [7, 11) is -1.10. The van der Waals surface area contributed by atoms with Gasteiger partial charge < -0.3 is 5.32 Å². The molecule has 8 nitrogen and oxygen atoms in total. The SMILES string of the molecule is O=C(Nc1c2c(nn1-c1cccc(Cl)c1)CS(=O)C2)c1ccccc1[N+](=O)[O-]. The van der Waals surface area contributed by atoms with Crippen LogP contribution in [0.25, 0.3) is 5.69 Å². The standard InChI is InChI=1S/C18H13ClN4O4S/c19-11-4-3-5-12(8-11)22-17(14-9-28(27)10-15(14)21-22)20-18(24)13-6-1-2-7-16(13)23(25)26/h1-8H,9-10H2,(H,20,24). The maximum atomic E-state index is 12.8. The molecule has 10 heteroatoms. The van der Waals surface area contributed by atoms with Crippen LogP contribution in [0.4, 0.5) is 11.5 Å². The Hall–Kier alpha value is -3.04. The summed E-state index contributed by atoms with van der Waals surface area (Å²) in [5.74, 6) is 0.238. The Morgan fingerprint density at radius 2 is 2.00 bits per heavy atom. The number of hydrogen-bond donors (Lipinski definition) is 1. The predicted molar refractivity (Wildman–Crippen MR) is 105 cm³/mol. The van der Waals surface area contributed by atoms with Gasteiger partial charge in [-0.05, 0) is 24.3 Å². The summed E-state index contributed by atoms with van der Waals surface area (Å²) in [5, 5.41) is 18.9. The molecule has 0 spiro atoms. The number of carbonyl (C=O) groups is 1. The van der Waals surface area contributed by atoms with E-state index in [0.717, 1.165) is 0 Å². The van der Waals surface area contributed by atoms with Crippen molar-refractivity contribution in [3.8, 4) is 5.69 Å². The molecule has 0 fully saturated rings. The third kappa shape index (κ3) is 3.30. The van der Waals surface area contributed by atoms with Crippen molar-refractivity contribution in [1.82, 2.24) is 9.78 Å². The number of nitro benzene ring substituents is 1.